The monoisotopic (exact) mass is 461 g/mol. The highest BCUT2D eigenvalue weighted by Crippen LogP contribution is 2.44. The molecule has 2 aromatic rings. The van der Waals surface area contributed by atoms with Gasteiger partial charge < -0.3 is 10.5 Å². The van der Waals surface area contributed by atoms with Crippen LogP contribution in [0.15, 0.2) is 61.2 Å². The number of unbranched alkanes of at least 4 members (excludes halogenated alkanes) is 3. The Balaban J connectivity index is 1.92. The minimum Gasteiger partial charge on any atom is -0.489 e. The van der Waals surface area contributed by atoms with Gasteiger partial charge in [-0.25, -0.2) is 0 Å². The number of nitrogens with two attached hydrogens (primary N) is 1. The third-order valence-corrected chi connectivity index (χ3v) is 7.83. The highest BCUT2D eigenvalue weighted by Gasteiger charge is 2.31. The SMILES string of the molecule is C=CCC1CCCC(N)CC1c1ccc(C(C)(C)CCCCCC)cc1OCc1ccccc1. The molecule has 0 amide bonds. The first-order valence-corrected chi connectivity index (χ1v) is 13.6. The molecule has 1 aliphatic carbocycles. The van der Waals surface area contributed by atoms with Crippen LogP contribution in [0, 0.1) is 5.92 Å². The van der Waals surface area contributed by atoms with Crippen LogP contribution in [0.4, 0.5) is 0 Å². The van der Waals surface area contributed by atoms with E-state index in [0.29, 0.717) is 18.4 Å². The first-order valence-electron chi connectivity index (χ1n) is 13.6. The highest BCUT2D eigenvalue weighted by molar-refractivity contribution is 5.43. The maximum Gasteiger partial charge on any atom is 0.123 e. The molecule has 1 fully saturated rings. The molecule has 2 N–H and O–H groups in total. The summed E-state index contributed by atoms with van der Waals surface area (Å²) in [6.07, 6.45) is 14.1. The van der Waals surface area contributed by atoms with Gasteiger partial charge in [-0.05, 0) is 72.1 Å². The molecule has 2 heteroatoms. The second-order valence-electron chi connectivity index (χ2n) is 11.0. The van der Waals surface area contributed by atoms with E-state index in [2.05, 4.69) is 82.0 Å². The lowest BCUT2D eigenvalue weighted by Crippen LogP contribution is -2.24. The van der Waals surface area contributed by atoms with E-state index in [1.165, 1.54) is 61.6 Å². The Morgan fingerprint density at radius 1 is 1.06 bits per heavy atom. The maximum atomic E-state index is 6.59. The van der Waals surface area contributed by atoms with Crippen LogP contribution in [0.5, 0.6) is 5.75 Å². The van der Waals surface area contributed by atoms with Crippen molar-refractivity contribution >= 4 is 0 Å². The number of ether oxygens (including phenoxy) is 1. The molecule has 34 heavy (non-hydrogen) atoms. The summed E-state index contributed by atoms with van der Waals surface area (Å²) < 4.78 is 6.59. The average molecular weight is 462 g/mol. The van der Waals surface area contributed by atoms with Gasteiger partial charge in [-0.3, -0.25) is 0 Å². The Hall–Kier alpha value is -2.06. The summed E-state index contributed by atoms with van der Waals surface area (Å²) in [6.45, 7) is 11.7. The fourth-order valence-corrected chi connectivity index (χ4v) is 5.62. The lowest BCUT2D eigenvalue weighted by Gasteiger charge is -2.30. The third kappa shape index (κ3) is 7.47. The van der Waals surface area contributed by atoms with E-state index in [4.69, 9.17) is 10.5 Å². The predicted molar refractivity (Wildman–Crippen MR) is 146 cm³/mol. The number of benzene rings is 2. The number of allylic oxidation sites excluding steroid dienone is 1. The molecule has 3 unspecified atom stereocenters. The number of hydrogen-bond donors (Lipinski definition) is 1. The van der Waals surface area contributed by atoms with Gasteiger partial charge in [-0.1, -0.05) is 101 Å². The van der Waals surface area contributed by atoms with E-state index < -0.39 is 0 Å². The van der Waals surface area contributed by atoms with Crippen LogP contribution >= 0.6 is 0 Å². The molecule has 2 nitrogen and oxygen atoms in total. The number of rotatable bonds is 12. The van der Waals surface area contributed by atoms with Crippen LogP contribution in [-0.4, -0.2) is 6.04 Å². The molecule has 0 aliphatic heterocycles. The lowest BCUT2D eigenvalue weighted by atomic mass is 9.76. The molecule has 3 atom stereocenters. The van der Waals surface area contributed by atoms with Crippen LogP contribution in [-0.2, 0) is 12.0 Å². The van der Waals surface area contributed by atoms with Gasteiger partial charge in [0.25, 0.3) is 0 Å². The normalized spacial score (nSPS) is 21.1. The molecule has 1 aliphatic rings. The molecular formula is C32H47NO. The van der Waals surface area contributed by atoms with Crippen molar-refractivity contribution in [3.05, 3.63) is 77.9 Å². The van der Waals surface area contributed by atoms with Crippen LogP contribution in [0.25, 0.3) is 0 Å². The first-order chi connectivity index (χ1) is 16.4. The molecule has 0 aromatic heterocycles. The first kappa shape index (κ1) is 26.5. The zero-order chi connectivity index (χ0) is 24.4. The fourth-order valence-electron chi connectivity index (χ4n) is 5.62. The Morgan fingerprint density at radius 3 is 2.59 bits per heavy atom. The Bertz CT molecular complexity index is 872. The summed E-state index contributed by atoms with van der Waals surface area (Å²) in [5.41, 5.74) is 10.6. The van der Waals surface area contributed by atoms with Gasteiger partial charge in [0.15, 0.2) is 0 Å². The summed E-state index contributed by atoms with van der Waals surface area (Å²) >= 11 is 0. The molecule has 0 bridgehead atoms. The summed E-state index contributed by atoms with van der Waals surface area (Å²) in [6, 6.07) is 17.8. The molecular weight excluding hydrogens is 414 g/mol. The second-order valence-corrected chi connectivity index (χ2v) is 11.0. The molecule has 0 heterocycles. The minimum atomic E-state index is 0.136. The fraction of sp³-hybridized carbons (Fsp3) is 0.562. The maximum absolute atomic E-state index is 6.59. The van der Waals surface area contributed by atoms with Crippen LogP contribution in [0.2, 0.25) is 0 Å². The lowest BCUT2D eigenvalue weighted by molar-refractivity contribution is 0.291. The van der Waals surface area contributed by atoms with Gasteiger partial charge in [0, 0.05) is 6.04 Å². The van der Waals surface area contributed by atoms with E-state index in [-0.39, 0.29) is 11.5 Å². The minimum absolute atomic E-state index is 0.136. The van der Waals surface area contributed by atoms with E-state index >= 15 is 0 Å². The smallest absolute Gasteiger partial charge is 0.123 e. The van der Waals surface area contributed by atoms with E-state index in [9.17, 15) is 0 Å². The van der Waals surface area contributed by atoms with Crippen molar-refractivity contribution in [2.75, 3.05) is 0 Å². The van der Waals surface area contributed by atoms with Gasteiger partial charge in [-0.2, -0.15) is 0 Å². The average Bonchev–Trinajstić information content (AvgIpc) is 3.02. The summed E-state index contributed by atoms with van der Waals surface area (Å²) in [4.78, 5) is 0. The van der Waals surface area contributed by atoms with Crippen molar-refractivity contribution in [1.82, 2.24) is 0 Å². The summed E-state index contributed by atoms with van der Waals surface area (Å²) in [7, 11) is 0. The predicted octanol–water partition coefficient (Wildman–Crippen LogP) is 8.69. The van der Waals surface area contributed by atoms with E-state index in [1.54, 1.807) is 0 Å². The van der Waals surface area contributed by atoms with Crippen molar-refractivity contribution < 1.29 is 4.74 Å². The van der Waals surface area contributed by atoms with Crippen LogP contribution in [0.1, 0.15) is 108 Å². The Kier molecular flexibility index (Phi) is 10.3. The van der Waals surface area contributed by atoms with Crippen molar-refractivity contribution in [1.29, 1.82) is 0 Å². The summed E-state index contributed by atoms with van der Waals surface area (Å²) in [5.74, 6) is 2.05. The molecule has 3 rings (SSSR count). The van der Waals surface area contributed by atoms with E-state index in [0.717, 1.165) is 25.0 Å². The molecule has 0 spiro atoms. The molecule has 186 valence electrons. The zero-order valence-electron chi connectivity index (χ0n) is 21.9. The van der Waals surface area contributed by atoms with Crippen LogP contribution < -0.4 is 10.5 Å². The topological polar surface area (TPSA) is 35.2 Å². The van der Waals surface area contributed by atoms with Gasteiger partial charge in [-0.15, -0.1) is 6.58 Å². The van der Waals surface area contributed by atoms with Crippen molar-refractivity contribution in [3.8, 4) is 5.75 Å². The van der Waals surface area contributed by atoms with Gasteiger partial charge >= 0.3 is 0 Å². The van der Waals surface area contributed by atoms with Crippen molar-refractivity contribution in [2.24, 2.45) is 11.7 Å². The Morgan fingerprint density at radius 2 is 1.85 bits per heavy atom. The van der Waals surface area contributed by atoms with Crippen molar-refractivity contribution in [2.45, 2.75) is 109 Å². The van der Waals surface area contributed by atoms with Crippen molar-refractivity contribution in [3.63, 3.8) is 0 Å². The Labute approximate surface area is 209 Å². The molecule has 0 radical (unpaired) electrons. The van der Waals surface area contributed by atoms with Gasteiger partial charge in [0.1, 0.15) is 12.4 Å². The zero-order valence-corrected chi connectivity index (χ0v) is 21.9. The van der Waals surface area contributed by atoms with Gasteiger partial charge in [0.05, 0.1) is 0 Å². The second kappa shape index (κ2) is 13.1. The number of hydrogen-bond acceptors (Lipinski definition) is 2. The quantitative estimate of drug-likeness (QED) is 0.195. The molecule has 0 saturated heterocycles. The van der Waals surface area contributed by atoms with Crippen LogP contribution in [0.3, 0.4) is 0 Å². The largest absolute Gasteiger partial charge is 0.489 e. The van der Waals surface area contributed by atoms with E-state index in [1.807, 2.05) is 0 Å². The molecule has 2 aromatic carbocycles. The summed E-state index contributed by atoms with van der Waals surface area (Å²) in [5, 5.41) is 0. The third-order valence-electron chi connectivity index (χ3n) is 7.83. The molecule has 1 saturated carbocycles. The highest BCUT2D eigenvalue weighted by atomic mass is 16.5. The van der Waals surface area contributed by atoms with Gasteiger partial charge in [0.2, 0.25) is 0 Å². The standard InChI is InChI=1S/C32H47NO/c1-5-7-8-12-21-32(3,4)27-19-20-29(30-23-28(33)18-13-17-26(30)14-6-2)31(22-27)34-24-25-15-10-9-11-16-25/h6,9-11,15-16,19-20,22,26,28,30H,2,5,7-8,12-14,17-18,21,23-24,33H2,1,3-4H3.